The van der Waals surface area contributed by atoms with Gasteiger partial charge in [0, 0.05) is 35.0 Å². The third-order valence-electron chi connectivity index (χ3n) is 5.04. The average Bonchev–Trinajstić information content (AvgIpc) is 3.24. The number of ether oxygens (including phenoxy) is 11. The Hall–Kier alpha value is -8.24. The number of amides is 12. The van der Waals surface area contributed by atoms with Gasteiger partial charge in [-0.2, -0.15) is 0 Å². The average molecular weight is 953 g/mol. The van der Waals surface area contributed by atoms with E-state index in [1.54, 1.807) is 0 Å². The molecule has 0 aromatic rings. The zero-order valence-corrected chi connectivity index (χ0v) is 36.5. The van der Waals surface area contributed by atoms with Crippen molar-refractivity contribution in [2.45, 2.75) is 20.8 Å². The molecule has 0 aliphatic rings. The van der Waals surface area contributed by atoms with Crippen LogP contribution in [0.25, 0.3) is 0 Å². The number of methoxy groups -OCH3 is 5. The summed E-state index contributed by atoms with van der Waals surface area (Å²) in [7, 11) is 6.30. The monoisotopic (exact) mass is 952 g/mol. The Morgan fingerprint density at radius 3 is 0.600 bits per heavy atom. The predicted molar refractivity (Wildman–Crippen MR) is 208 cm³/mol. The molecule has 35 nitrogen and oxygen atoms in total. The second-order valence-electron chi connectivity index (χ2n) is 9.96. The Kier molecular flexibility index (Phi) is 44.2. The van der Waals surface area contributed by atoms with Gasteiger partial charge >= 0.3 is 54.8 Å². The summed E-state index contributed by atoms with van der Waals surface area (Å²) in [5, 5.41) is 26.6. The summed E-state index contributed by atoms with van der Waals surface area (Å²) >= 11 is 0. The molecule has 0 atom stereocenters. The molecule has 0 aliphatic carbocycles. The Bertz CT molecular complexity index is 1390. The molecule has 12 N–H and O–H groups in total. The van der Waals surface area contributed by atoms with E-state index >= 15 is 0 Å². The normalized spacial score (nSPS) is 8.86. The third-order valence-corrected chi connectivity index (χ3v) is 5.04. The highest BCUT2D eigenvalue weighted by atomic mass is 16.7. The maximum absolute atomic E-state index is 11.0. The number of rotatable bonds is 20. The van der Waals surface area contributed by atoms with E-state index in [2.05, 4.69) is 116 Å². The molecule has 374 valence electrons. The first-order chi connectivity index (χ1) is 30.8. The molecule has 0 aromatic heterocycles. The van der Waals surface area contributed by atoms with Gasteiger partial charge < -0.3 is 116 Å². The van der Waals surface area contributed by atoms with Crippen LogP contribution in [0.4, 0.5) is 43.2 Å². The van der Waals surface area contributed by atoms with Gasteiger partial charge in [0.1, 0.15) is 0 Å². The van der Waals surface area contributed by atoms with E-state index in [-0.39, 0.29) is 71.3 Å². The van der Waals surface area contributed by atoms with Gasteiger partial charge in [0.2, 0.25) is 31.3 Å². The SMILES string of the molecule is COC(=O)NCNC(=O)OCOC(=O)NCNC(=O)OC.COC(=O)NCNC(=O)OCOC(=O)NCNC(C)=O.COCOC(=O)NCNC(C)=O.COCOC(=O)NCNC(C)=O. The summed E-state index contributed by atoms with van der Waals surface area (Å²) in [5.74, 6) is -0.761. The van der Waals surface area contributed by atoms with Gasteiger partial charge in [0.05, 0.1) is 61.3 Å². The van der Waals surface area contributed by atoms with Crippen molar-refractivity contribution in [2.75, 3.05) is 103 Å². The lowest BCUT2D eigenvalue weighted by Crippen LogP contribution is -2.39. The van der Waals surface area contributed by atoms with Gasteiger partial charge in [-0.05, 0) is 0 Å². The Morgan fingerprint density at radius 1 is 0.262 bits per heavy atom. The smallest absolute Gasteiger partial charge is 0.411 e. The molecule has 0 heterocycles. The lowest BCUT2D eigenvalue weighted by atomic mass is 10.7. The number of hydrogen-bond acceptors (Lipinski definition) is 23. The topological polar surface area (TPSA) is 451 Å². The van der Waals surface area contributed by atoms with Crippen LogP contribution in [-0.4, -0.2) is 175 Å². The second kappa shape index (κ2) is 45.3. The standard InChI is InChI=1S/C9H16N4O8.C9H16N4O7.2C6H12N2O4/c1-18-6(14)10-3-12-8(16)20-5-21-9(17)13-4-11-7(15)19-2;1-6(14)10-3-12-8(16)19-5-20-9(17)13-4-11-7(15)18-2;2*1-5(9)7-3-8-6(10)12-4-11-2/h3-5H2,1-2H3,(H,10,14)(H,11,15)(H,12,16)(H,13,17);3-5H2,1-2H3,(H,10,14)(H,11,15)(H,12,16)(H,13,17);2*3-4H2,1-2H3,(H,7,9)(H,8,10). The number of alkyl carbamates (subject to hydrolysis) is 9. The summed E-state index contributed by atoms with van der Waals surface area (Å²) in [6.45, 7) is 1.83. The fraction of sp³-hybridized carbons (Fsp3) is 0.600. The largest absolute Gasteiger partial charge is 0.453 e. The molecule has 0 saturated carbocycles. The lowest BCUT2D eigenvalue weighted by molar-refractivity contribution is -0.119. The van der Waals surface area contributed by atoms with Crippen LogP contribution in [0.5, 0.6) is 0 Å². The highest BCUT2D eigenvalue weighted by molar-refractivity contribution is 5.75. The molecular weight excluding hydrogens is 896 g/mol. The summed E-state index contributed by atoms with van der Waals surface area (Å²) in [4.78, 5) is 128. The summed E-state index contributed by atoms with van der Waals surface area (Å²) in [6.07, 6.45) is -7.09. The molecule has 0 aromatic carbocycles. The molecule has 0 bridgehead atoms. The van der Waals surface area contributed by atoms with E-state index in [1.807, 2.05) is 0 Å². The molecule has 0 rings (SSSR count). The number of carbonyl (C=O) groups is 12. The van der Waals surface area contributed by atoms with Crippen molar-refractivity contribution in [3.63, 3.8) is 0 Å². The molecule has 0 fully saturated rings. The highest BCUT2D eigenvalue weighted by Gasteiger charge is 2.08. The fourth-order valence-corrected chi connectivity index (χ4v) is 2.31. The van der Waals surface area contributed by atoms with Crippen LogP contribution in [0.15, 0.2) is 0 Å². The maximum atomic E-state index is 11.0. The molecule has 12 amide bonds. The molecular formula is C30H56N12O23. The van der Waals surface area contributed by atoms with Crippen molar-refractivity contribution in [2.24, 2.45) is 0 Å². The van der Waals surface area contributed by atoms with Crippen molar-refractivity contribution >= 4 is 72.6 Å². The Morgan fingerprint density at radius 2 is 0.431 bits per heavy atom. The molecule has 0 aliphatic heterocycles. The van der Waals surface area contributed by atoms with E-state index in [4.69, 9.17) is 0 Å². The van der Waals surface area contributed by atoms with E-state index in [1.165, 1.54) is 42.1 Å². The van der Waals surface area contributed by atoms with Crippen molar-refractivity contribution in [3.8, 4) is 0 Å². The van der Waals surface area contributed by atoms with Crippen molar-refractivity contribution in [3.05, 3.63) is 0 Å². The fourth-order valence-electron chi connectivity index (χ4n) is 2.31. The van der Waals surface area contributed by atoms with E-state index in [0.29, 0.717) is 0 Å². The van der Waals surface area contributed by atoms with Crippen LogP contribution >= 0.6 is 0 Å². The van der Waals surface area contributed by atoms with E-state index in [0.717, 1.165) is 14.2 Å². The molecule has 0 unspecified atom stereocenters. The van der Waals surface area contributed by atoms with Gasteiger partial charge in [0.25, 0.3) is 0 Å². The predicted octanol–water partition coefficient (Wildman–Crippen LogP) is -3.35. The van der Waals surface area contributed by atoms with Crippen LogP contribution in [0, 0.1) is 0 Å². The Balaban J connectivity index is -0.000000394. The minimum absolute atomic E-state index is 0.0535. The quantitative estimate of drug-likeness (QED) is 0.0419. The lowest BCUT2D eigenvalue weighted by Gasteiger charge is -2.09. The van der Waals surface area contributed by atoms with Gasteiger partial charge in [0.15, 0.2) is 13.6 Å². The molecule has 65 heavy (non-hydrogen) atoms. The minimum atomic E-state index is -0.924. The molecule has 0 saturated heterocycles. The number of hydrogen-bond donors (Lipinski definition) is 12. The first-order valence-corrected chi connectivity index (χ1v) is 17.4. The van der Waals surface area contributed by atoms with Crippen LogP contribution in [-0.2, 0) is 66.5 Å². The second-order valence-corrected chi connectivity index (χ2v) is 9.96. The zero-order chi connectivity index (χ0) is 50.3. The number of carbonyl (C=O) groups excluding carboxylic acids is 12. The molecule has 0 radical (unpaired) electrons. The summed E-state index contributed by atoms with van der Waals surface area (Å²) in [5.41, 5.74) is 0. The van der Waals surface area contributed by atoms with Gasteiger partial charge in [-0.1, -0.05) is 0 Å². The van der Waals surface area contributed by atoms with Gasteiger partial charge in [-0.25, -0.2) is 43.2 Å². The van der Waals surface area contributed by atoms with Crippen molar-refractivity contribution in [1.82, 2.24) is 63.8 Å². The minimum Gasteiger partial charge on any atom is -0.453 e. The van der Waals surface area contributed by atoms with Crippen molar-refractivity contribution in [1.29, 1.82) is 0 Å². The first-order valence-electron chi connectivity index (χ1n) is 17.4. The highest BCUT2D eigenvalue weighted by Crippen LogP contribution is 1.84. The van der Waals surface area contributed by atoms with Crippen LogP contribution in [0.3, 0.4) is 0 Å². The maximum Gasteiger partial charge on any atom is 0.411 e. The summed E-state index contributed by atoms with van der Waals surface area (Å²) < 4.78 is 48.4. The van der Waals surface area contributed by atoms with Crippen molar-refractivity contribution < 1.29 is 110 Å². The van der Waals surface area contributed by atoms with E-state index < -0.39 is 68.4 Å². The zero-order valence-electron chi connectivity index (χ0n) is 36.5. The van der Waals surface area contributed by atoms with Crippen LogP contribution in [0.1, 0.15) is 20.8 Å². The summed E-state index contributed by atoms with van der Waals surface area (Å²) in [6, 6.07) is 0. The van der Waals surface area contributed by atoms with Crippen LogP contribution in [0.2, 0.25) is 0 Å². The number of nitrogens with one attached hydrogen (secondary N) is 12. The van der Waals surface area contributed by atoms with Gasteiger partial charge in [-0.3, -0.25) is 14.4 Å². The van der Waals surface area contributed by atoms with Crippen LogP contribution < -0.4 is 63.8 Å². The molecule has 35 heteroatoms. The van der Waals surface area contributed by atoms with Gasteiger partial charge in [-0.15, -0.1) is 0 Å². The van der Waals surface area contributed by atoms with E-state index in [9.17, 15) is 57.5 Å². The third kappa shape index (κ3) is 55.8. The first kappa shape index (κ1) is 63.4. The Labute approximate surface area is 369 Å². The molecule has 0 spiro atoms.